The maximum absolute atomic E-state index is 12.9. The number of anilines is 3. The molecule has 0 saturated heterocycles. The highest BCUT2D eigenvalue weighted by molar-refractivity contribution is 6.04. The fraction of sp³-hybridized carbons (Fsp3) is 0.0556. The van der Waals surface area contributed by atoms with E-state index in [1.165, 1.54) is 24.3 Å². The zero-order valence-electron chi connectivity index (χ0n) is 13.0. The Bertz CT molecular complexity index is 830. The van der Waals surface area contributed by atoms with E-state index in [2.05, 4.69) is 20.8 Å². The van der Waals surface area contributed by atoms with Crippen molar-refractivity contribution >= 4 is 23.1 Å². The second-order valence-electron chi connectivity index (χ2n) is 5.22. The second-order valence-corrected chi connectivity index (χ2v) is 5.22. The first-order valence-electron chi connectivity index (χ1n) is 7.34. The van der Waals surface area contributed by atoms with E-state index in [0.717, 1.165) is 11.4 Å². The Morgan fingerprint density at radius 3 is 2.17 bits per heavy atom. The lowest BCUT2D eigenvalue weighted by Crippen LogP contribution is -2.11. The Balaban J connectivity index is 1.64. The van der Waals surface area contributed by atoms with Gasteiger partial charge in [-0.3, -0.25) is 4.79 Å². The number of aryl methyl sites for hydroxylation is 1. The van der Waals surface area contributed by atoms with Gasteiger partial charge in [0.1, 0.15) is 5.82 Å². The van der Waals surface area contributed by atoms with Crippen LogP contribution >= 0.6 is 0 Å². The number of aromatic nitrogens is 2. The largest absolute Gasteiger partial charge is 0.339 e. The Kier molecular flexibility index (Phi) is 4.47. The van der Waals surface area contributed by atoms with Gasteiger partial charge in [0.2, 0.25) is 0 Å². The molecule has 3 rings (SSSR count). The zero-order valence-corrected chi connectivity index (χ0v) is 13.0. The highest BCUT2D eigenvalue weighted by Crippen LogP contribution is 2.18. The van der Waals surface area contributed by atoms with Gasteiger partial charge in [0.15, 0.2) is 5.82 Å². The van der Waals surface area contributed by atoms with Gasteiger partial charge in [0, 0.05) is 16.9 Å². The molecule has 0 unspecified atom stereocenters. The van der Waals surface area contributed by atoms with Crippen molar-refractivity contribution in [2.24, 2.45) is 0 Å². The van der Waals surface area contributed by atoms with Gasteiger partial charge in [-0.05, 0) is 67.6 Å². The van der Waals surface area contributed by atoms with Gasteiger partial charge in [0.25, 0.3) is 5.91 Å². The lowest BCUT2D eigenvalue weighted by molar-refractivity contribution is 0.102. The number of hydrogen-bond acceptors (Lipinski definition) is 4. The number of carbonyl (C=O) groups is 1. The lowest BCUT2D eigenvalue weighted by atomic mass is 10.2. The maximum Gasteiger partial charge on any atom is 0.255 e. The molecule has 0 aliphatic heterocycles. The highest BCUT2D eigenvalue weighted by Gasteiger charge is 2.06. The summed E-state index contributed by atoms with van der Waals surface area (Å²) in [7, 11) is 0. The summed E-state index contributed by atoms with van der Waals surface area (Å²) in [5.41, 5.74) is 2.71. The Morgan fingerprint density at radius 2 is 1.54 bits per heavy atom. The van der Waals surface area contributed by atoms with Crippen LogP contribution in [0.2, 0.25) is 0 Å². The van der Waals surface area contributed by atoms with Crippen molar-refractivity contribution in [3.05, 3.63) is 77.7 Å². The van der Waals surface area contributed by atoms with Crippen LogP contribution in [0.3, 0.4) is 0 Å². The van der Waals surface area contributed by atoms with Crippen LogP contribution in [0, 0.1) is 12.7 Å². The highest BCUT2D eigenvalue weighted by atomic mass is 19.1. The van der Waals surface area contributed by atoms with Gasteiger partial charge in [-0.2, -0.15) is 5.10 Å². The lowest BCUT2D eigenvalue weighted by Gasteiger charge is -2.08. The van der Waals surface area contributed by atoms with Crippen LogP contribution in [0.1, 0.15) is 16.1 Å². The number of carbonyl (C=O) groups excluding carboxylic acids is 1. The monoisotopic (exact) mass is 322 g/mol. The average Bonchev–Trinajstić information content (AvgIpc) is 2.59. The van der Waals surface area contributed by atoms with Crippen molar-refractivity contribution < 1.29 is 9.18 Å². The Morgan fingerprint density at radius 1 is 0.875 bits per heavy atom. The van der Waals surface area contributed by atoms with Gasteiger partial charge < -0.3 is 10.6 Å². The molecule has 120 valence electrons. The van der Waals surface area contributed by atoms with Crippen LogP contribution < -0.4 is 10.6 Å². The van der Waals surface area contributed by atoms with E-state index in [0.29, 0.717) is 17.1 Å². The van der Waals surface area contributed by atoms with Gasteiger partial charge in [-0.1, -0.05) is 0 Å². The van der Waals surface area contributed by atoms with Gasteiger partial charge in [0.05, 0.1) is 5.69 Å². The summed E-state index contributed by atoms with van der Waals surface area (Å²) >= 11 is 0. The Labute approximate surface area is 138 Å². The fourth-order valence-electron chi connectivity index (χ4n) is 2.05. The molecule has 0 aliphatic carbocycles. The molecule has 2 aromatic carbocycles. The molecule has 1 amide bonds. The SMILES string of the molecule is Cc1ccc(Nc2ccc(NC(=O)c3ccc(F)cc3)cc2)nn1. The molecule has 0 saturated carbocycles. The van der Waals surface area contributed by atoms with Crippen LogP contribution in [-0.2, 0) is 0 Å². The molecule has 1 heterocycles. The summed E-state index contributed by atoms with van der Waals surface area (Å²) in [5.74, 6) is -0.0232. The number of amides is 1. The molecule has 0 fully saturated rings. The molecule has 24 heavy (non-hydrogen) atoms. The number of nitrogens with zero attached hydrogens (tertiary/aromatic N) is 2. The van der Waals surface area contributed by atoms with E-state index in [-0.39, 0.29) is 11.7 Å². The molecular formula is C18H15FN4O. The van der Waals surface area contributed by atoms with E-state index in [1.807, 2.05) is 31.2 Å². The predicted molar refractivity (Wildman–Crippen MR) is 90.8 cm³/mol. The number of rotatable bonds is 4. The summed E-state index contributed by atoms with van der Waals surface area (Å²) in [4.78, 5) is 12.1. The van der Waals surface area contributed by atoms with E-state index in [4.69, 9.17) is 0 Å². The van der Waals surface area contributed by atoms with Crippen molar-refractivity contribution in [1.29, 1.82) is 0 Å². The van der Waals surface area contributed by atoms with E-state index in [1.54, 1.807) is 12.1 Å². The first kappa shape index (κ1) is 15.6. The van der Waals surface area contributed by atoms with Crippen LogP contribution in [-0.4, -0.2) is 16.1 Å². The van der Waals surface area contributed by atoms with E-state index in [9.17, 15) is 9.18 Å². The van der Waals surface area contributed by atoms with Gasteiger partial charge in [-0.15, -0.1) is 5.10 Å². The molecule has 2 N–H and O–H groups in total. The molecule has 1 aromatic heterocycles. The average molecular weight is 322 g/mol. The summed E-state index contributed by atoms with van der Waals surface area (Å²) in [6.07, 6.45) is 0. The van der Waals surface area contributed by atoms with Crippen molar-refractivity contribution in [3.8, 4) is 0 Å². The third-order valence-electron chi connectivity index (χ3n) is 3.32. The molecule has 3 aromatic rings. The third-order valence-corrected chi connectivity index (χ3v) is 3.32. The van der Waals surface area contributed by atoms with E-state index >= 15 is 0 Å². The topological polar surface area (TPSA) is 66.9 Å². The standard InChI is InChI=1S/C18H15FN4O/c1-12-2-11-17(23-22-12)20-15-7-9-16(10-8-15)21-18(24)13-3-5-14(19)6-4-13/h2-11H,1H3,(H,20,23)(H,21,24). The minimum atomic E-state index is -0.374. The molecule has 0 spiro atoms. The fourth-order valence-corrected chi connectivity index (χ4v) is 2.05. The summed E-state index contributed by atoms with van der Waals surface area (Å²) in [5, 5.41) is 13.9. The van der Waals surface area contributed by atoms with Crippen molar-refractivity contribution in [2.45, 2.75) is 6.92 Å². The number of hydrogen-bond donors (Lipinski definition) is 2. The normalized spacial score (nSPS) is 10.2. The van der Waals surface area contributed by atoms with Crippen molar-refractivity contribution in [1.82, 2.24) is 10.2 Å². The first-order valence-corrected chi connectivity index (χ1v) is 7.34. The minimum absolute atomic E-state index is 0.292. The molecule has 0 bridgehead atoms. The van der Waals surface area contributed by atoms with Crippen LogP contribution in [0.25, 0.3) is 0 Å². The number of benzene rings is 2. The molecule has 0 atom stereocenters. The smallest absolute Gasteiger partial charge is 0.255 e. The third kappa shape index (κ3) is 3.92. The molecule has 0 aliphatic rings. The molecular weight excluding hydrogens is 307 g/mol. The summed E-state index contributed by atoms with van der Waals surface area (Å²) in [6, 6.07) is 16.3. The summed E-state index contributed by atoms with van der Waals surface area (Å²) < 4.78 is 12.9. The predicted octanol–water partition coefficient (Wildman–Crippen LogP) is 3.92. The number of halogens is 1. The zero-order chi connectivity index (χ0) is 16.9. The van der Waals surface area contributed by atoms with Crippen molar-refractivity contribution in [2.75, 3.05) is 10.6 Å². The van der Waals surface area contributed by atoms with E-state index < -0.39 is 0 Å². The van der Waals surface area contributed by atoms with Crippen LogP contribution in [0.5, 0.6) is 0 Å². The Hall–Kier alpha value is -3.28. The van der Waals surface area contributed by atoms with Crippen LogP contribution in [0.15, 0.2) is 60.7 Å². The quantitative estimate of drug-likeness (QED) is 0.764. The van der Waals surface area contributed by atoms with Crippen LogP contribution in [0.4, 0.5) is 21.6 Å². The maximum atomic E-state index is 12.9. The minimum Gasteiger partial charge on any atom is -0.339 e. The number of nitrogens with one attached hydrogen (secondary N) is 2. The summed E-state index contributed by atoms with van der Waals surface area (Å²) in [6.45, 7) is 1.87. The van der Waals surface area contributed by atoms with Gasteiger partial charge in [-0.25, -0.2) is 4.39 Å². The van der Waals surface area contributed by atoms with Gasteiger partial charge >= 0.3 is 0 Å². The second kappa shape index (κ2) is 6.87. The molecule has 6 heteroatoms. The molecule has 0 radical (unpaired) electrons. The molecule has 5 nitrogen and oxygen atoms in total. The first-order chi connectivity index (χ1) is 11.6. The van der Waals surface area contributed by atoms with Crippen molar-refractivity contribution in [3.63, 3.8) is 0 Å².